The van der Waals surface area contributed by atoms with Gasteiger partial charge in [0.25, 0.3) is 0 Å². The van der Waals surface area contributed by atoms with E-state index in [1.807, 2.05) is 11.4 Å². The third-order valence-electron chi connectivity index (χ3n) is 3.76. The van der Waals surface area contributed by atoms with Crippen LogP contribution in [0.25, 0.3) is 10.7 Å². The molecule has 0 saturated carbocycles. The van der Waals surface area contributed by atoms with Crippen molar-refractivity contribution in [2.75, 3.05) is 11.9 Å². The first-order valence-electron chi connectivity index (χ1n) is 7.66. The number of thiophene rings is 1. The zero-order valence-electron chi connectivity index (χ0n) is 12.3. The van der Waals surface area contributed by atoms with Gasteiger partial charge >= 0.3 is 0 Å². The van der Waals surface area contributed by atoms with E-state index in [0.717, 1.165) is 47.3 Å². The van der Waals surface area contributed by atoms with Gasteiger partial charge in [-0.1, -0.05) is 24.9 Å². The normalized spacial score (nSPS) is 14.6. The van der Waals surface area contributed by atoms with Crippen LogP contribution in [-0.2, 0) is 12.8 Å². The lowest BCUT2D eigenvalue weighted by Crippen LogP contribution is -2.10. The van der Waals surface area contributed by atoms with E-state index in [9.17, 15) is 0 Å². The van der Waals surface area contributed by atoms with Crippen LogP contribution in [0.5, 0.6) is 0 Å². The molecule has 2 aromatic heterocycles. The highest BCUT2D eigenvalue weighted by Crippen LogP contribution is 2.31. The Bertz CT molecular complexity index is 624. The first-order valence-corrected chi connectivity index (χ1v) is 8.91. The largest absolute Gasteiger partial charge is 0.370 e. The fourth-order valence-corrected chi connectivity index (χ4v) is 3.71. The Morgan fingerprint density at radius 2 is 2.10 bits per heavy atom. The average molecular weight is 322 g/mol. The van der Waals surface area contributed by atoms with Gasteiger partial charge in [-0.15, -0.1) is 11.3 Å². The van der Waals surface area contributed by atoms with Crippen molar-refractivity contribution in [2.24, 2.45) is 0 Å². The fraction of sp³-hybridized carbons (Fsp3) is 0.500. The number of fused-ring (bicyclic) bond motifs is 1. The minimum Gasteiger partial charge on any atom is -0.370 e. The second-order valence-electron chi connectivity index (χ2n) is 5.44. The van der Waals surface area contributed by atoms with Crippen molar-refractivity contribution >= 4 is 28.8 Å². The Kier molecular flexibility index (Phi) is 4.76. The Morgan fingerprint density at radius 3 is 2.86 bits per heavy atom. The van der Waals surface area contributed by atoms with Crippen LogP contribution in [0, 0.1) is 0 Å². The predicted molar refractivity (Wildman–Crippen MR) is 90.4 cm³/mol. The molecular weight excluding hydrogens is 302 g/mol. The Morgan fingerprint density at radius 1 is 1.24 bits per heavy atom. The number of hydrogen-bond acceptors (Lipinski definition) is 4. The van der Waals surface area contributed by atoms with E-state index in [0.29, 0.717) is 0 Å². The van der Waals surface area contributed by atoms with E-state index >= 15 is 0 Å². The number of aromatic nitrogens is 2. The zero-order chi connectivity index (χ0) is 14.7. The lowest BCUT2D eigenvalue weighted by molar-refractivity contribution is 0.709. The van der Waals surface area contributed by atoms with Gasteiger partial charge < -0.3 is 5.32 Å². The second-order valence-corrected chi connectivity index (χ2v) is 6.79. The minimum atomic E-state index is 0.761. The molecule has 3 rings (SSSR count). The first kappa shape index (κ1) is 14.8. The van der Waals surface area contributed by atoms with Crippen molar-refractivity contribution in [3.63, 3.8) is 0 Å². The quantitative estimate of drug-likeness (QED) is 0.810. The Labute approximate surface area is 134 Å². The Hall–Kier alpha value is -1.13. The number of aryl methyl sites for hydroxylation is 1. The van der Waals surface area contributed by atoms with Crippen molar-refractivity contribution in [3.05, 3.63) is 27.7 Å². The zero-order valence-corrected chi connectivity index (χ0v) is 13.9. The van der Waals surface area contributed by atoms with Gasteiger partial charge in [-0.05, 0) is 38.2 Å². The van der Waals surface area contributed by atoms with Crippen molar-refractivity contribution in [3.8, 4) is 10.7 Å². The molecule has 0 amide bonds. The van der Waals surface area contributed by atoms with Crippen LogP contribution in [0.15, 0.2) is 11.4 Å². The van der Waals surface area contributed by atoms with Crippen molar-refractivity contribution in [2.45, 2.75) is 45.4 Å². The molecule has 0 saturated heterocycles. The summed E-state index contributed by atoms with van der Waals surface area (Å²) in [4.78, 5) is 10.7. The summed E-state index contributed by atoms with van der Waals surface area (Å²) in [5.74, 6) is 1.84. The standard InChI is InChI=1S/C16H20ClN3S/c1-2-8-18-15-12-6-4-3-5-7-13(12)19-16(20-15)14-9-11(17)10-21-14/h9-10H,2-8H2,1H3,(H,18,19,20). The molecule has 0 bridgehead atoms. The summed E-state index contributed by atoms with van der Waals surface area (Å²) in [6.07, 6.45) is 6.99. The lowest BCUT2D eigenvalue weighted by atomic mass is 10.1. The van der Waals surface area contributed by atoms with Gasteiger partial charge in [0.05, 0.1) is 9.90 Å². The monoisotopic (exact) mass is 321 g/mol. The topological polar surface area (TPSA) is 37.8 Å². The maximum absolute atomic E-state index is 6.04. The van der Waals surface area contributed by atoms with Gasteiger partial charge in [-0.2, -0.15) is 0 Å². The van der Waals surface area contributed by atoms with Gasteiger partial charge in [-0.3, -0.25) is 0 Å². The van der Waals surface area contributed by atoms with Crippen LogP contribution in [0.3, 0.4) is 0 Å². The smallest absolute Gasteiger partial charge is 0.171 e. The number of nitrogens with one attached hydrogen (secondary N) is 1. The van der Waals surface area contributed by atoms with Gasteiger partial charge in [0, 0.05) is 23.2 Å². The van der Waals surface area contributed by atoms with Gasteiger partial charge in [0.1, 0.15) is 5.82 Å². The summed E-state index contributed by atoms with van der Waals surface area (Å²) in [6, 6.07) is 1.95. The third-order valence-corrected chi connectivity index (χ3v) is 5.04. The number of rotatable bonds is 4. The lowest BCUT2D eigenvalue weighted by Gasteiger charge is -2.14. The number of halogens is 1. The van der Waals surface area contributed by atoms with Crippen LogP contribution in [-0.4, -0.2) is 16.5 Å². The highest BCUT2D eigenvalue weighted by Gasteiger charge is 2.18. The van der Waals surface area contributed by atoms with E-state index < -0.39 is 0 Å². The number of anilines is 1. The molecule has 112 valence electrons. The summed E-state index contributed by atoms with van der Waals surface area (Å²) in [6.45, 7) is 3.13. The maximum atomic E-state index is 6.04. The van der Waals surface area contributed by atoms with E-state index in [4.69, 9.17) is 21.6 Å². The summed E-state index contributed by atoms with van der Waals surface area (Å²) >= 11 is 7.65. The Balaban J connectivity index is 2.03. The average Bonchev–Trinajstić information content (AvgIpc) is 2.78. The molecule has 0 spiro atoms. The fourth-order valence-electron chi connectivity index (χ4n) is 2.70. The molecule has 0 fully saturated rings. The first-order chi connectivity index (χ1) is 10.3. The van der Waals surface area contributed by atoms with Crippen LogP contribution < -0.4 is 5.32 Å². The summed E-state index contributed by atoms with van der Waals surface area (Å²) in [7, 11) is 0. The molecule has 0 aromatic carbocycles. The molecule has 1 N–H and O–H groups in total. The molecule has 0 unspecified atom stereocenters. The van der Waals surface area contributed by atoms with Crippen LogP contribution in [0.4, 0.5) is 5.82 Å². The number of hydrogen-bond donors (Lipinski definition) is 1. The molecule has 2 heterocycles. The molecule has 0 atom stereocenters. The number of nitrogens with zero attached hydrogens (tertiary/aromatic N) is 2. The van der Waals surface area contributed by atoms with E-state index in [1.54, 1.807) is 11.3 Å². The molecule has 1 aliphatic rings. The van der Waals surface area contributed by atoms with Crippen molar-refractivity contribution < 1.29 is 0 Å². The molecule has 5 heteroatoms. The molecular formula is C16H20ClN3S. The van der Waals surface area contributed by atoms with Crippen LogP contribution in [0.1, 0.15) is 43.9 Å². The third kappa shape index (κ3) is 3.38. The van der Waals surface area contributed by atoms with Gasteiger partial charge in [0.2, 0.25) is 0 Å². The molecule has 0 aliphatic heterocycles. The molecule has 21 heavy (non-hydrogen) atoms. The second kappa shape index (κ2) is 6.75. The minimum absolute atomic E-state index is 0.761. The molecule has 1 aliphatic carbocycles. The van der Waals surface area contributed by atoms with E-state index in [-0.39, 0.29) is 0 Å². The SMILES string of the molecule is CCCNc1nc(-c2cc(Cl)cs2)nc2c1CCCCC2. The van der Waals surface area contributed by atoms with Gasteiger partial charge in [-0.25, -0.2) is 9.97 Å². The van der Waals surface area contributed by atoms with Gasteiger partial charge in [0.15, 0.2) is 5.82 Å². The predicted octanol–water partition coefficient (Wildman–Crippen LogP) is 4.95. The van der Waals surface area contributed by atoms with E-state index in [1.165, 1.54) is 30.5 Å². The highest BCUT2D eigenvalue weighted by molar-refractivity contribution is 7.14. The van der Waals surface area contributed by atoms with Crippen molar-refractivity contribution in [1.82, 2.24) is 9.97 Å². The van der Waals surface area contributed by atoms with Crippen molar-refractivity contribution in [1.29, 1.82) is 0 Å². The molecule has 3 nitrogen and oxygen atoms in total. The van der Waals surface area contributed by atoms with Crippen LogP contribution >= 0.6 is 22.9 Å². The van der Waals surface area contributed by atoms with Crippen LogP contribution in [0.2, 0.25) is 5.02 Å². The molecule has 0 radical (unpaired) electrons. The van der Waals surface area contributed by atoms with E-state index in [2.05, 4.69) is 12.2 Å². The highest BCUT2D eigenvalue weighted by atomic mass is 35.5. The maximum Gasteiger partial charge on any atom is 0.171 e. The summed E-state index contributed by atoms with van der Waals surface area (Å²) < 4.78 is 0. The summed E-state index contributed by atoms with van der Waals surface area (Å²) in [5, 5.41) is 6.18. The summed E-state index contributed by atoms with van der Waals surface area (Å²) in [5.41, 5.74) is 2.55. The molecule has 2 aromatic rings.